The molecule has 0 spiro atoms. The molecule has 1 rings (SSSR count). The molecule has 0 fully saturated rings. The lowest BCUT2D eigenvalue weighted by Crippen LogP contribution is -2.06. The molecule has 0 N–H and O–H groups in total. The molecule has 0 heterocycles. The molecule has 0 amide bonds. The van der Waals surface area contributed by atoms with Crippen LogP contribution in [0.15, 0.2) is 24.3 Å². The fraction of sp³-hybridized carbons (Fsp3) is 0.250. The zero-order valence-corrected chi connectivity index (χ0v) is 7.44. The van der Waals surface area contributed by atoms with Gasteiger partial charge in [0.05, 0.1) is 5.56 Å². The zero-order valence-electron chi connectivity index (χ0n) is 6.44. The molecule has 66 valence electrons. The maximum atomic E-state index is 12.0. The van der Waals surface area contributed by atoms with Crippen molar-refractivity contribution >= 4 is 13.9 Å². The molecule has 1 atom stereocenters. The first-order valence-corrected chi connectivity index (χ1v) is 4.89. The Hall–Kier alpha value is -0.560. The average molecular weight is 192 g/mol. The molecule has 0 aliphatic rings. The minimum atomic E-state index is -4.21. The first kappa shape index (κ1) is 9.53. The van der Waals surface area contributed by atoms with E-state index >= 15 is 0 Å². The van der Waals surface area contributed by atoms with E-state index in [1.54, 1.807) is 0 Å². The van der Waals surface area contributed by atoms with Gasteiger partial charge in [0.2, 0.25) is 0 Å². The standard InChI is InChI=1S/C8H8F3P/c1-12-7-4-2-6(3-5-7)8(9,10)11/h2-5,12H,1H3. The summed E-state index contributed by atoms with van der Waals surface area (Å²) < 4.78 is 36.1. The smallest absolute Gasteiger partial charge is 0.166 e. The summed E-state index contributed by atoms with van der Waals surface area (Å²) >= 11 is 0. The lowest BCUT2D eigenvalue weighted by atomic mass is 10.2. The van der Waals surface area contributed by atoms with Crippen LogP contribution in [0.1, 0.15) is 5.56 Å². The summed E-state index contributed by atoms with van der Waals surface area (Å²) in [6.45, 7) is 1.93. The highest BCUT2D eigenvalue weighted by Gasteiger charge is 2.29. The van der Waals surface area contributed by atoms with Gasteiger partial charge in [0.15, 0.2) is 0 Å². The lowest BCUT2D eigenvalue weighted by Gasteiger charge is -2.06. The van der Waals surface area contributed by atoms with E-state index < -0.39 is 11.7 Å². The Morgan fingerprint density at radius 1 is 1.08 bits per heavy atom. The van der Waals surface area contributed by atoms with E-state index in [-0.39, 0.29) is 0 Å². The van der Waals surface area contributed by atoms with Gasteiger partial charge in [-0.05, 0) is 24.1 Å². The van der Waals surface area contributed by atoms with Crippen LogP contribution in [0.3, 0.4) is 0 Å². The molecule has 1 aromatic rings. The Labute approximate surface area is 70.6 Å². The van der Waals surface area contributed by atoms with Crippen molar-refractivity contribution in [2.45, 2.75) is 6.18 Å². The molecule has 1 unspecified atom stereocenters. The maximum Gasteiger partial charge on any atom is 0.416 e. The fourth-order valence-corrected chi connectivity index (χ4v) is 1.33. The number of hydrogen-bond acceptors (Lipinski definition) is 0. The molecule has 0 nitrogen and oxygen atoms in total. The van der Waals surface area contributed by atoms with Crippen molar-refractivity contribution in [3.8, 4) is 0 Å². The number of alkyl halides is 3. The van der Waals surface area contributed by atoms with Gasteiger partial charge < -0.3 is 0 Å². The molecule has 0 aliphatic carbocycles. The highest BCUT2D eigenvalue weighted by Crippen LogP contribution is 2.28. The Kier molecular flexibility index (Phi) is 2.73. The highest BCUT2D eigenvalue weighted by molar-refractivity contribution is 7.46. The Balaban J connectivity index is 2.93. The summed E-state index contributed by atoms with van der Waals surface area (Å²) in [6, 6.07) is 5.26. The normalized spacial score (nSPS) is 12.7. The van der Waals surface area contributed by atoms with E-state index in [0.29, 0.717) is 8.58 Å². The van der Waals surface area contributed by atoms with Gasteiger partial charge in [0.25, 0.3) is 0 Å². The number of halogens is 3. The summed E-state index contributed by atoms with van der Waals surface area (Å²) in [5.74, 6) is 0. The number of benzene rings is 1. The fourth-order valence-electron chi connectivity index (χ4n) is 0.826. The van der Waals surface area contributed by atoms with Crippen molar-refractivity contribution in [2.24, 2.45) is 0 Å². The molecule has 0 saturated heterocycles. The third-order valence-electron chi connectivity index (χ3n) is 1.50. The minimum Gasteiger partial charge on any atom is -0.166 e. The Morgan fingerprint density at radius 2 is 1.58 bits per heavy atom. The van der Waals surface area contributed by atoms with Gasteiger partial charge in [-0.2, -0.15) is 13.2 Å². The number of rotatable bonds is 1. The van der Waals surface area contributed by atoms with E-state index in [4.69, 9.17) is 0 Å². The van der Waals surface area contributed by atoms with Crippen LogP contribution in [0, 0.1) is 0 Å². The van der Waals surface area contributed by atoms with E-state index in [2.05, 4.69) is 0 Å². The second-order valence-corrected chi connectivity index (χ2v) is 3.40. The lowest BCUT2D eigenvalue weighted by molar-refractivity contribution is -0.137. The molecule has 0 bridgehead atoms. The van der Waals surface area contributed by atoms with Crippen LogP contribution in [0.2, 0.25) is 0 Å². The predicted octanol–water partition coefficient (Wildman–Crippen LogP) is 2.64. The zero-order chi connectivity index (χ0) is 9.19. The van der Waals surface area contributed by atoms with Crippen LogP contribution in [0.5, 0.6) is 0 Å². The average Bonchev–Trinajstić information content (AvgIpc) is 2.03. The third-order valence-corrected chi connectivity index (χ3v) is 2.41. The predicted molar refractivity (Wildman–Crippen MR) is 45.3 cm³/mol. The van der Waals surface area contributed by atoms with Crippen LogP contribution >= 0.6 is 8.58 Å². The van der Waals surface area contributed by atoms with Crippen molar-refractivity contribution in [1.82, 2.24) is 0 Å². The van der Waals surface area contributed by atoms with Crippen molar-refractivity contribution in [1.29, 1.82) is 0 Å². The summed E-state index contributed by atoms with van der Waals surface area (Å²) in [5, 5.41) is 0.947. The summed E-state index contributed by atoms with van der Waals surface area (Å²) in [6.07, 6.45) is -4.21. The van der Waals surface area contributed by atoms with E-state index in [0.717, 1.165) is 17.4 Å². The van der Waals surface area contributed by atoms with Crippen molar-refractivity contribution in [2.75, 3.05) is 6.66 Å². The van der Waals surface area contributed by atoms with Crippen molar-refractivity contribution < 1.29 is 13.2 Å². The molecule has 0 aromatic heterocycles. The quantitative estimate of drug-likeness (QED) is 0.600. The van der Waals surface area contributed by atoms with Gasteiger partial charge in [0, 0.05) is 0 Å². The van der Waals surface area contributed by atoms with Gasteiger partial charge >= 0.3 is 6.18 Å². The van der Waals surface area contributed by atoms with Crippen LogP contribution in [0.4, 0.5) is 13.2 Å². The van der Waals surface area contributed by atoms with Gasteiger partial charge in [-0.1, -0.05) is 20.7 Å². The van der Waals surface area contributed by atoms with Gasteiger partial charge in [-0.3, -0.25) is 0 Å². The SMILES string of the molecule is CPc1ccc(C(F)(F)F)cc1. The number of hydrogen-bond donors (Lipinski definition) is 0. The summed E-state index contributed by atoms with van der Waals surface area (Å²) in [5.41, 5.74) is -0.579. The van der Waals surface area contributed by atoms with Gasteiger partial charge in [-0.25, -0.2) is 0 Å². The maximum absolute atomic E-state index is 12.0. The molecule has 0 aliphatic heterocycles. The molecule has 1 aromatic carbocycles. The second-order valence-electron chi connectivity index (χ2n) is 2.33. The van der Waals surface area contributed by atoms with Crippen LogP contribution in [-0.4, -0.2) is 6.66 Å². The first-order valence-electron chi connectivity index (χ1n) is 3.39. The van der Waals surface area contributed by atoms with Crippen LogP contribution in [-0.2, 0) is 6.18 Å². The molecule has 0 saturated carbocycles. The van der Waals surface area contributed by atoms with Crippen molar-refractivity contribution in [3.05, 3.63) is 29.8 Å². The first-order chi connectivity index (χ1) is 5.54. The molecular weight excluding hydrogens is 184 g/mol. The van der Waals surface area contributed by atoms with Gasteiger partial charge in [-0.15, -0.1) is 0 Å². The molecule has 4 heteroatoms. The molecule has 12 heavy (non-hydrogen) atoms. The Morgan fingerprint density at radius 3 is 1.92 bits per heavy atom. The third kappa shape index (κ3) is 2.21. The summed E-state index contributed by atoms with van der Waals surface area (Å²) in [4.78, 5) is 0. The van der Waals surface area contributed by atoms with E-state index in [1.165, 1.54) is 12.1 Å². The minimum absolute atomic E-state index is 0.542. The topological polar surface area (TPSA) is 0 Å². The van der Waals surface area contributed by atoms with Crippen LogP contribution < -0.4 is 5.30 Å². The van der Waals surface area contributed by atoms with Crippen LogP contribution in [0.25, 0.3) is 0 Å². The van der Waals surface area contributed by atoms with Crippen molar-refractivity contribution in [3.63, 3.8) is 0 Å². The van der Waals surface area contributed by atoms with E-state index in [9.17, 15) is 13.2 Å². The largest absolute Gasteiger partial charge is 0.416 e. The van der Waals surface area contributed by atoms with Gasteiger partial charge in [0.1, 0.15) is 0 Å². The highest BCUT2D eigenvalue weighted by atomic mass is 31.1. The monoisotopic (exact) mass is 192 g/mol. The Bertz CT molecular complexity index is 250. The summed E-state index contributed by atoms with van der Waals surface area (Å²) in [7, 11) is 0.542. The molecule has 0 radical (unpaired) electrons. The van der Waals surface area contributed by atoms with E-state index in [1.807, 2.05) is 6.66 Å². The molecular formula is C8H8F3P. The second kappa shape index (κ2) is 3.44.